The molecule has 1 aliphatic heterocycles. The third-order valence-corrected chi connectivity index (χ3v) is 5.19. The average Bonchev–Trinajstić information content (AvgIpc) is 2.82. The molecule has 0 bridgehead atoms. The Morgan fingerprint density at radius 1 is 0.969 bits per heavy atom. The standard InChI is InChI=1S/C22H29NO.C4H4O4/c1-2-3-7-18-10-12-20(13-11-18)22(19-8-5-4-6-9-19)24-21-14-16-23-17-15-21;5-3(6)1-2-4(7)8/h4-6,8-13,21-23H,2-3,7,14-17H2,1H3;1-2H,(H,5,6)(H,7,8)/b;2-1+. The van der Waals surface area contributed by atoms with Crippen molar-refractivity contribution in [2.24, 2.45) is 0 Å². The minimum Gasteiger partial charge on any atom is -0.478 e. The summed E-state index contributed by atoms with van der Waals surface area (Å²) in [5.41, 5.74) is 3.94. The first-order valence-electron chi connectivity index (χ1n) is 11.1. The fraction of sp³-hybridized carbons (Fsp3) is 0.385. The van der Waals surface area contributed by atoms with Crippen LogP contribution >= 0.6 is 0 Å². The molecule has 1 aliphatic rings. The van der Waals surface area contributed by atoms with Crippen molar-refractivity contribution in [3.8, 4) is 0 Å². The van der Waals surface area contributed by atoms with Crippen molar-refractivity contribution in [1.29, 1.82) is 0 Å². The van der Waals surface area contributed by atoms with E-state index in [2.05, 4.69) is 66.8 Å². The van der Waals surface area contributed by atoms with Crippen LogP contribution in [0.1, 0.15) is 55.4 Å². The summed E-state index contributed by atoms with van der Waals surface area (Å²) in [5, 5.41) is 19.0. The SMILES string of the molecule is CCCCc1ccc(C(OC2CCNCC2)c2ccccc2)cc1.O=C(O)/C=C/C(=O)O. The molecule has 172 valence electrons. The minimum atomic E-state index is -1.26. The first-order chi connectivity index (χ1) is 15.5. The molecule has 1 fully saturated rings. The molecule has 0 radical (unpaired) electrons. The summed E-state index contributed by atoms with van der Waals surface area (Å²) >= 11 is 0. The normalized spacial score (nSPS) is 15.0. The lowest BCUT2D eigenvalue weighted by Gasteiger charge is -2.29. The summed E-state index contributed by atoms with van der Waals surface area (Å²) < 4.78 is 6.54. The van der Waals surface area contributed by atoms with E-state index < -0.39 is 11.9 Å². The quantitative estimate of drug-likeness (QED) is 0.494. The molecule has 6 heteroatoms. The molecule has 1 atom stereocenters. The monoisotopic (exact) mass is 439 g/mol. The van der Waals surface area contributed by atoms with Crippen LogP contribution in [0, 0.1) is 0 Å². The number of carboxylic acids is 2. The molecule has 0 spiro atoms. The number of carboxylic acid groups (broad SMARTS) is 2. The zero-order valence-electron chi connectivity index (χ0n) is 18.6. The van der Waals surface area contributed by atoms with Gasteiger partial charge in [0, 0.05) is 12.2 Å². The molecule has 1 saturated heterocycles. The van der Waals surface area contributed by atoms with E-state index in [0.29, 0.717) is 18.3 Å². The predicted octanol–water partition coefficient (Wildman–Crippen LogP) is 4.60. The van der Waals surface area contributed by atoms with Crippen LogP contribution in [0.2, 0.25) is 0 Å². The third-order valence-electron chi connectivity index (χ3n) is 5.19. The highest BCUT2D eigenvalue weighted by Gasteiger charge is 2.21. The van der Waals surface area contributed by atoms with E-state index in [1.807, 2.05) is 0 Å². The molecular weight excluding hydrogens is 406 g/mol. The van der Waals surface area contributed by atoms with Crippen LogP contribution in [0.3, 0.4) is 0 Å². The molecule has 3 N–H and O–H groups in total. The highest BCUT2D eigenvalue weighted by Crippen LogP contribution is 2.29. The molecule has 0 amide bonds. The van der Waals surface area contributed by atoms with E-state index in [1.165, 1.54) is 36.0 Å². The zero-order valence-corrected chi connectivity index (χ0v) is 18.6. The number of rotatable bonds is 9. The fourth-order valence-electron chi connectivity index (χ4n) is 3.48. The van der Waals surface area contributed by atoms with Crippen LogP contribution in [-0.2, 0) is 20.7 Å². The number of unbranched alkanes of at least 4 members (excludes halogenated alkanes) is 1. The Labute approximate surface area is 189 Å². The molecule has 1 unspecified atom stereocenters. The fourth-order valence-corrected chi connectivity index (χ4v) is 3.48. The average molecular weight is 440 g/mol. The second-order valence-corrected chi connectivity index (χ2v) is 7.73. The van der Waals surface area contributed by atoms with E-state index in [4.69, 9.17) is 14.9 Å². The molecule has 0 aromatic heterocycles. The van der Waals surface area contributed by atoms with Gasteiger partial charge in [0.2, 0.25) is 0 Å². The molecule has 0 aliphatic carbocycles. The summed E-state index contributed by atoms with van der Waals surface area (Å²) in [6.07, 6.45) is 7.36. The van der Waals surface area contributed by atoms with Crippen molar-refractivity contribution in [2.75, 3.05) is 13.1 Å². The molecule has 3 rings (SSSR count). The van der Waals surface area contributed by atoms with Crippen LogP contribution in [0.25, 0.3) is 0 Å². The number of nitrogens with one attached hydrogen (secondary N) is 1. The van der Waals surface area contributed by atoms with Crippen LogP contribution in [0.5, 0.6) is 0 Å². The van der Waals surface area contributed by atoms with Gasteiger partial charge in [0.25, 0.3) is 0 Å². The third kappa shape index (κ3) is 9.45. The summed E-state index contributed by atoms with van der Waals surface area (Å²) in [4.78, 5) is 19.1. The summed E-state index contributed by atoms with van der Waals surface area (Å²) in [5.74, 6) is -2.51. The van der Waals surface area contributed by atoms with Crippen molar-refractivity contribution in [2.45, 2.75) is 51.2 Å². The van der Waals surface area contributed by atoms with Crippen LogP contribution in [0.4, 0.5) is 0 Å². The molecule has 2 aromatic rings. The second-order valence-electron chi connectivity index (χ2n) is 7.73. The Kier molecular flexibility index (Phi) is 11.2. The van der Waals surface area contributed by atoms with Gasteiger partial charge in [-0.3, -0.25) is 0 Å². The zero-order chi connectivity index (χ0) is 23.2. The lowest BCUT2D eigenvalue weighted by Crippen LogP contribution is -2.33. The van der Waals surface area contributed by atoms with Gasteiger partial charge in [0.1, 0.15) is 6.10 Å². The Balaban J connectivity index is 0.000000390. The molecule has 6 nitrogen and oxygen atoms in total. The maximum atomic E-state index is 9.55. The Morgan fingerprint density at radius 2 is 1.53 bits per heavy atom. The number of benzene rings is 2. The van der Waals surface area contributed by atoms with Gasteiger partial charge in [-0.2, -0.15) is 0 Å². The van der Waals surface area contributed by atoms with Gasteiger partial charge in [0.05, 0.1) is 6.10 Å². The van der Waals surface area contributed by atoms with Crippen molar-refractivity contribution in [3.63, 3.8) is 0 Å². The van der Waals surface area contributed by atoms with E-state index in [9.17, 15) is 9.59 Å². The summed E-state index contributed by atoms with van der Waals surface area (Å²) in [7, 11) is 0. The van der Waals surface area contributed by atoms with Crippen molar-refractivity contribution < 1.29 is 24.5 Å². The number of piperidine rings is 1. The first kappa shape index (κ1) is 25.3. The number of hydrogen-bond donors (Lipinski definition) is 3. The van der Waals surface area contributed by atoms with Crippen molar-refractivity contribution >= 4 is 11.9 Å². The van der Waals surface area contributed by atoms with E-state index in [0.717, 1.165) is 25.9 Å². The van der Waals surface area contributed by atoms with Gasteiger partial charge in [-0.1, -0.05) is 67.9 Å². The van der Waals surface area contributed by atoms with Gasteiger partial charge in [-0.15, -0.1) is 0 Å². The summed E-state index contributed by atoms with van der Waals surface area (Å²) in [6.45, 7) is 4.36. The molecule has 2 aromatic carbocycles. The van der Waals surface area contributed by atoms with Crippen LogP contribution in [0.15, 0.2) is 66.7 Å². The number of aliphatic carboxylic acids is 2. The van der Waals surface area contributed by atoms with E-state index in [-0.39, 0.29) is 6.10 Å². The number of carbonyl (C=O) groups is 2. The Morgan fingerprint density at radius 3 is 2.06 bits per heavy atom. The smallest absolute Gasteiger partial charge is 0.328 e. The molecule has 32 heavy (non-hydrogen) atoms. The van der Waals surface area contributed by atoms with Gasteiger partial charge in [-0.25, -0.2) is 9.59 Å². The van der Waals surface area contributed by atoms with Gasteiger partial charge < -0.3 is 20.3 Å². The van der Waals surface area contributed by atoms with Crippen LogP contribution < -0.4 is 5.32 Å². The lowest BCUT2D eigenvalue weighted by molar-refractivity contribution is -0.134. The van der Waals surface area contributed by atoms with Gasteiger partial charge >= 0.3 is 11.9 Å². The van der Waals surface area contributed by atoms with Gasteiger partial charge in [0.15, 0.2) is 0 Å². The Hall–Kier alpha value is -2.96. The minimum absolute atomic E-state index is 0.0366. The largest absolute Gasteiger partial charge is 0.478 e. The second kappa shape index (κ2) is 14.2. The Bertz CT molecular complexity index is 826. The number of ether oxygens (including phenoxy) is 1. The molecule has 0 saturated carbocycles. The summed E-state index contributed by atoms with van der Waals surface area (Å²) in [6, 6.07) is 19.7. The van der Waals surface area contributed by atoms with E-state index in [1.54, 1.807) is 0 Å². The molecule has 1 heterocycles. The molecular formula is C26H33NO5. The maximum Gasteiger partial charge on any atom is 0.328 e. The lowest BCUT2D eigenvalue weighted by atomic mass is 9.98. The highest BCUT2D eigenvalue weighted by molar-refractivity contribution is 5.89. The maximum absolute atomic E-state index is 9.55. The first-order valence-corrected chi connectivity index (χ1v) is 11.1. The highest BCUT2D eigenvalue weighted by atomic mass is 16.5. The number of aryl methyl sites for hydroxylation is 1. The van der Waals surface area contributed by atoms with Gasteiger partial charge in [-0.05, 0) is 55.5 Å². The van der Waals surface area contributed by atoms with E-state index >= 15 is 0 Å². The number of hydrogen-bond acceptors (Lipinski definition) is 4. The van der Waals surface area contributed by atoms with Crippen molar-refractivity contribution in [3.05, 3.63) is 83.4 Å². The topological polar surface area (TPSA) is 95.9 Å². The predicted molar refractivity (Wildman–Crippen MR) is 125 cm³/mol. The van der Waals surface area contributed by atoms with Crippen molar-refractivity contribution in [1.82, 2.24) is 5.32 Å². The van der Waals surface area contributed by atoms with Crippen LogP contribution in [-0.4, -0.2) is 41.3 Å².